The molecular weight excluding hydrogens is 438 g/mol. The molecule has 3 aliphatic rings. The predicted octanol–water partition coefficient (Wildman–Crippen LogP) is 2.00. The van der Waals surface area contributed by atoms with Gasteiger partial charge < -0.3 is 0 Å². The third-order valence-corrected chi connectivity index (χ3v) is 12.6. The van der Waals surface area contributed by atoms with Crippen molar-refractivity contribution in [1.29, 1.82) is 0 Å². The Morgan fingerprint density at radius 1 is 0.679 bits per heavy atom. The van der Waals surface area contributed by atoms with E-state index in [1.807, 2.05) is 36.4 Å². The van der Waals surface area contributed by atoms with E-state index in [-0.39, 0.29) is 0 Å². The molecule has 0 aliphatic carbocycles. The average Bonchev–Trinajstić information content (AvgIpc) is 2.75. The summed E-state index contributed by atoms with van der Waals surface area (Å²) in [5, 5.41) is 15.8. The zero-order valence-electron chi connectivity index (χ0n) is 15.7. The molecule has 0 aromatic heterocycles. The minimum atomic E-state index is -2.14. The summed E-state index contributed by atoms with van der Waals surface area (Å²) in [6.45, 7) is 0. The molecule has 28 heavy (non-hydrogen) atoms. The van der Waals surface area contributed by atoms with Gasteiger partial charge in [0.05, 0.1) is 0 Å². The summed E-state index contributed by atoms with van der Waals surface area (Å²) in [4.78, 5) is 0. The Labute approximate surface area is 171 Å². The number of benzene rings is 3. The van der Waals surface area contributed by atoms with Gasteiger partial charge in [-0.2, -0.15) is 0 Å². The molecule has 6 heteroatoms. The van der Waals surface area contributed by atoms with E-state index in [1.165, 1.54) is 0 Å². The number of ether oxygens (including phenoxy) is 3. The van der Waals surface area contributed by atoms with E-state index in [9.17, 15) is 5.11 Å². The van der Waals surface area contributed by atoms with Gasteiger partial charge in [-0.3, -0.25) is 0 Å². The van der Waals surface area contributed by atoms with E-state index >= 15 is 0 Å². The number of methoxy groups -OCH3 is 3. The van der Waals surface area contributed by atoms with Crippen molar-refractivity contribution in [3.05, 3.63) is 71.3 Å². The first-order chi connectivity index (χ1) is 13.5. The summed E-state index contributed by atoms with van der Waals surface area (Å²) in [5.74, 6) is 1.98. The molecule has 4 nitrogen and oxygen atoms in total. The number of hydrogen-bond donors (Lipinski definition) is 1. The second kappa shape index (κ2) is 5.98. The Bertz CT molecular complexity index is 1040. The standard InChI is InChI=1S/C22H19O4PSe/c1-24-13-7-4-10-16-19(13)22(23)20-14(25-2)8-5-11-17(20)27(16,28)18-12-6-9-15(26-3)21(18)22/h4-12,23H,1-3H3. The fourth-order valence-electron chi connectivity index (χ4n) is 4.71. The molecule has 6 rings (SSSR count). The molecule has 1 N–H and O–H groups in total. The van der Waals surface area contributed by atoms with Gasteiger partial charge >= 0.3 is 171 Å². The van der Waals surface area contributed by atoms with Crippen LogP contribution in [0.2, 0.25) is 0 Å². The summed E-state index contributed by atoms with van der Waals surface area (Å²) >= 11 is 3.55. The number of rotatable bonds is 3. The molecule has 3 aromatic rings. The monoisotopic (exact) mass is 458 g/mol. The molecule has 0 amide bonds. The summed E-state index contributed by atoms with van der Waals surface area (Å²) in [6.07, 6.45) is 0. The minimum absolute atomic E-state index is 0.660. The molecule has 0 spiro atoms. The molecule has 3 heterocycles. The van der Waals surface area contributed by atoms with Gasteiger partial charge in [0, 0.05) is 0 Å². The molecule has 0 saturated carbocycles. The first-order valence-corrected chi connectivity index (χ1v) is 12.9. The summed E-state index contributed by atoms with van der Waals surface area (Å²) in [5.41, 5.74) is -1.24. The summed E-state index contributed by atoms with van der Waals surface area (Å²) in [6, 6.07) is 17.9. The van der Waals surface area contributed by atoms with Crippen LogP contribution < -0.4 is 30.1 Å². The van der Waals surface area contributed by atoms with E-state index in [0.29, 0.717) is 17.2 Å². The van der Waals surface area contributed by atoms with Crippen LogP contribution in [-0.2, 0) is 5.60 Å². The van der Waals surface area contributed by atoms with Crippen molar-refractivity contribution in [2.75, 3.05) is 21.3 Å². The van der Waals surface area contributed by atoms with Crippen LogP contribution in [0.15, 0.2) is 54.6 Å². The van der Waals surface area contributed by atoms with Gasteiger partial charge in [0.25, 0.3) is 0 Å². The summed E-state index contributed by atoms with van der Waals surface area (Å²) < 4.78 is 17.1. The Morgan fingerprint density at radius 3 is 1.29 bits per heavy atom. The molecule has 0 fully saturated rings. The SMILES string of the molecule is COc1cccc2c1C1(O)c3c(OC)cccc3P2(=[Se])c2cccc(OC)c21. The molecule has 3 aliphatic heterocycles. The van der Waals surface area contributed by atoms with Gasteiger partial charge in [0.15, 0.2) is 0 Å². The Kier molecular flexibility index (Phi) is 3.85. The molecule has 0 unspecified atom stereocenters. The third kappa shape index (κ3) is 1.88. The van der Waals surface area contributed by atoms with Crippen molar-refractivity contribution >= 4 is 36.5 Å². The van der Waals surface area contributed by atoms with Crippen molar-refractivity contribution in [1.82, 2.24) is 0 Å². The fraction of sp³-hybridized carbons (Fsp3) is 0.182. The maximum atomic E-state index is 12.5. The van der Waals surface area contributed by atoms with Gasteiger partial charge in [-0.15, -0.1) is 0 Å². The van der Waals surface area contributed by atoms with Crippen molar-refractivity contribution < 1.29 is 19.3 Å². The molecule has 0 atom stereocenters. The zero-order valence-corrected chi connectivity index (χ0v) is 18.3. The van der Waals surface area contributed by atoms with Crippen molar-refractivity contribution in [3.63, 3.8) is 0 Å². The topological polar surface area (TPSA) is 47.9 Å². The molecule has 142 valence electrons. The van der Waals surface area contributed by atoms with Crippen LogP contribution in [0.5, 0.6) is 17.2 Å². The summed E-state index contributed by atoms with van der Waals surface area (Å²) in [7, 11) is 4.91. The van der Waals surface area contributed by atoms with Gasteiger partial charge in [-0.1, -0.05) is 0 Å². The Hall–Kier alpha value is -2.03. The van der Waals surface area contributed by atoms with Crippen LogP contribution in [0.1, 0.15) is 16.7 Å². The van der Waals surface area contributed by atoms with Crippen molar-refractivity contribution in [2.45, 2.75) is 5.60 Å². The molecule has 2 bridgehead atoms. The van der Waals surface area contributed by atoms with Crippen LogP contribution >= 0.6 is 5.51 Å². The van der Waals surface area contributed by atoms with Crippen LogP contribution in [0, 0.1) is 0 Å². The van der Waals surface area contributed by atoms with Gasteiger partial charge in [0.1, 0.15) is 0 Å². The third-order valence-electron chi connectivity index (χ3n) is 5.78. The number of hydrogen-bond acceptors (Lipinski definition) is 4. The van der Waals surface area contributed by atoms with Gasteiger partial charge in [0.2, 0.25) is 0 Å². The number of aliphatic hydroxyl groups is 1. The van der Waals surface area contributed by atoms with Crippen LogP contribution in [0.4, 0.5) is 0 Å². The van der Waals surface area contributed by atoms with Crippen LogP contribution in [-0.4, -0.2) is 41.5 Å². The van der Waals surface area contributed by atoms with E-state index < -0.39 is 11.1 Å². The maximum absolute atomic E-state index is 12.5. The Morgan fingerprint density at radius 2 is 1.00 bits per heavy atom. The zero-order chi connectivity index (χ0) is 19.7. The quantitative estimate of drug-likeness (QED) is 0.483. The van der Waals surface area contributed by atoms with Gasteiger partial charge in [-0.05, 0) is 0 Å². The van der Waals surface area contributed by atoms with Crippen LogP contribution in [0.3, 0.4) is 0 Å². The second-order valence-corrected chi connectivity index (χ2v) is 13.0. The molecule has 0 radical (unpaired) electrons. The normalized spacial score (nSPS) is 23.4. The first-order valence-electron chi connectivity index (χ1n) is 8.90. The van der Waals surface area contributed by atoms with Crippen molar-refractivity contribution in [2.24, 2.45) is 0 Å². The molecule has 3 aromatic carbocycles. The first kappa shape index (κ1) is 18.0. The van der Waals surface area contributed by atoms with Gasteiger partial charge in [-0.25, -0.2) is 0 Å². The van der Waals surface area contributed by atoms with E-state index in [1.54, 1.807) is 21.3 Å². The average molecular weight is 457 g/mol. The van der Waals surface area contributed by atoms with Crippen molar-refractivity contribution in [3.8, 4) is 17.2 Å². The second-order valence-electron chi connectivity index (χ2n) is 6.88. The predicted molar refractivity (Wildman–Crippen MR) is 113 cm³/mol. The molecule has 0 saturated heterocycles. The molecular formula is C22H19O4PSe. The Balaban J connectivity index is 2.07. The van der Waals surface area contributed by atoms with E-state index in [2.05, 4.69) is 33.3 Å². The van der Waals surface area contributed by atoms with E-state index in [4.69, 9.17) is 14.2 Å². The van der Waals surface area contributed by atoms with E-state index in [0.717, 1.165) is 32.6 Å². The fourth-order valence-corrected chi connectivity index (χ4v) is 11.0. The van der Waals surface area contributed by atoms with Crippen LogP contribution in [0.25, 0.3) is 0 Å².